The van der Waals surface area contributed by atoms with Gasteiger partial charge < -0.3 is 64.4 Å². The van der Waals surface area contributed by atoms with Crippen molar-refractivity contribution in [2.45, 2.75) is 200 Å². The molecular weight excluding hydrogens is 1160 g/mol. The first-order chi connectivity index (χ1) is 36.9. The van der Waals surface area contributed by atoms with Crippen molar-refractivity contribution in [2.75, 3.05) is 18.5 Å². The Morgan fingerprint density at radius 2 is 1.23 bits per heavy atom. The third-order valence-corrected chi connectivity index (χ3v) is 13.7. The third kappa shape index (κ3) is 23.7. The first-order valence-electron chi connectivity index (χ1n) is 27.4. The summed E-state index contributed by atoms with van der Waals surface area (Å²) in [5, 5.41) is 12.9. The number of rotatable bonds is 28. The molecular formula is C60H85IN6O12S. The second-order valence-corrected chi connectivity index (χ2v) is 24.5. The lowest BCUT2D eigenvalue weighted by atomic mass is 9.86. The minimum Gasteiger partial charge on any atom is -1.00 e. The fourth-order valence-electron chi connectivity index (χ4n) is 8.82. The number of benzene rings is 2. The Hall–Kier alpha value is -5.90. The van der Waals surface area contributed by atoms with Gasteiger partial charge in [0.25, 0.3) is 0 Å². The van der Waals surface area contributed by atoms with E-state index in [1.54, 1.807) is 87.9 Å². The number of nitrogens with zero attached hydrogens (tertiary/aromatic N) is 2. The average molecular weight is 1240 g/mol. The van der Waals surface area contributed by atoms with Gasteiger partial charge in [0.15, 0.2) is 17.8 Å². The van der Waals surface area contributed by atoms with Crippen LogP contribution >= 0.6 is 11.8 Å². The summed E-state index contributed by atoms with van der Waals surface area (Å²) in [6.45, 7) is 20.5. The first-order valence-corrected chi connectivity index (χ1v) is 28.2. The zero-order valence-electron chi connectivity index (χ0n) is 49.0. The van der Waals surface area contributed by atoms with Gasteiger partial charge in [0, 0.05) is 75.6 Å². The van der Waals surface area contributed by atoms with E-state index in [1.807, 2.05) is 6.07 Å². The number of anilines is 1. The van der Waals surface area contributed by atoms with Gasteiger partial charge in [0.2, 0.25) is 29.1 Å². The Kier molecular flexibility index (Phi) is 26.8. The molecule has 0 aliphatic carbocycles. The zero-order chi connectivity index (χ0) is 58.8. The fraction of sp³-hybridized carbons (Fsp3) is 0.567. The number of pyridine rings is 1. The number of ether oxygens (including phenoxy) is 3. The number of thioether (sulfide) groups is 1. The number of aromatic nitrogens is 1. The van der Waals surface area contributed by atoms with Crippen LogP contribution in [-0.4, -0.2) is 102 Å². The zero-order valence-corrected chi connectivity index (χ0v) is 52.0. The summed E-state index contributed by atoms with van der Waals surface area (Å²) >= 11 is 1.76. The molecule has 0 saturated carbocycles. The Morgan fingerprint density at radius 1 is 0.637 bits per heavy atom. The quantitative estimate of drug-likeness (QED) is 0.0247. The van der Waals surface area contributed by atoms with E-state index in [2.05, 4.69) is 98.6 Å². The van der Waals surface area contributed by atoms with Crippen molar-refractivity contribution in [1.82, 2.24) is 21.3 Å². The minimum atomic E-state index is -1.44. The predicted octanol–water partition coefficient (Wildman–Crippen LogP) is 4.99. The molecule has 0 bridgehead atoms. The van der Waals surface area contributed by atoms with Gasteiger partial charge in [-0.25, -0.2) is 0 Å². The number of aryl methyl sites for hydroxylation is 1. The summed E-state index contributed by atoms with van der Waals surface area (Å²) in [6.07, 6.45) is 5.07. The highest BCUT2D eigenvalue weighted by molar-refractivity contribution is 8.03. The van der Waals surface area contributed by atoms with Crippen LogP contribution in [0.3, 0.4) is 0 Å². The monoisotopic (exact) mass is 1240 g/mol. The van der Waals surface area contributed by atoms with Gasteiger partial charge in [-0.2, -0.15) is 4.57 Å². The van der Waals surface area contributed by atoms with E-state index in [0.717, 1.165) is 47.8 Å². The highest BCUT2D eigenvalue weighted by Crippen LogP contribution is 2.45. The number of Topliss-reactive ketones (excluding diaryl/α,β-unsaturated/α-hetero) is 2. The van der Waals surface area contributed by atoms with Crippen molar-refractivity contribution in [3.05, 3.63) is 71.4 Å². The van der Waals surface area contributed by atoms with Crippen molar-refractivity contribution in [3.8, 4) is 0 Å². The van der Waals surface area contributed by atoms with E-state index in [-0.39, 0.29) is 62.1 Å². The largest absolute Gasteiger partial charge is 1.00 e. The van der Waals surface area contributed by atoms with Gasteiger partial charge >= 0.3 is 17.9 Å². The number of fused-ring (bicyclic) bond motifs is 2. The summed E-state index contributed by atoms with van der Waals surface area (Å²) in [5.74, 6) is -7.30. The van der Waals surface area contributed by atoms with Crippen molar-refractivity contribution >= 4 is 87.5 Å². The molecule has 0 spiro atoms. The van der Waals surface area contributed by atoms with Crippen LogP contribution in [-0.2, 0) is 63.9 Å². The Bertz CT molecular complexity index is 2710. The van der Waals surface area contributed by atoms with Crippen LogP contribution in [0.1, 0.15) is 159 Å². The molecule has 2 aromatic carbocycles. The SMILES string of the molecule is CC(=O)N[C@@H](CC(=O)OC(C)(C)C)C(=O)N[C@@H](CCC(=O)OC(C)(C)C)C(=O)C[C@H](C(=O)N[C@@H](CC(=O)OC(C)(C)C)C(=O)CCCNC(=O)CCCCC[n+]1ccc(C=C2Sc3ccccc3N2C)c2ccccc21)C(C)C.[I-]. The maximum atomic E-state index is 14.2. The molecule has 20 heteroatoms. The summed E-state index contributed by atoms with van der Waals surface area (Å²) in [4.78, 5) is 123. The molecule has 18 nitrogen and oxygen atoms in total. The molecule has 0 unspecified atom stereocenters. The molecule has 0 fully saturated rings. The van der Waals surface area contributed by atoms with Gasteiger partial charge in [-0.05, 0) is 124 Å². The highest BCUT2D eigenvalue weighted by atomic mass is 127. The van der Waals surface area contributed by atoms with Crippen LogP contribution in [0, 0.1) is 11.8 Å². The molecule has 2 heterocycles. The van der Waals surface area contributed by atoms with Gasteiger partial charge in [-0.3, -0.25) is 43.2 Å². The summed E-state index contributed by atoms with van der Waals surface area (Å²) in [6, 6.07) is 14.7. The van der Waals surface area contributed by atoms with Gasteiger partial charge in [-0.1, -0.05) is 49.9 Å². The third-order valence-electron chi connectivity index (χ3n) is 12.5. The molecule has 4 atom stereocenters. The second-order valence-electron chi connectivity index (χ2n) is 23.4. The molecule has 80 heavy (non-hydrogen) atoms. The summed E-state index contributed by atoms with van der Waals surface area (Å²) < 4.78 is 18.6. The maximum absolute atomic E-state index is 14.2. The van der Waals surface area contributed by atoms with E-state index in [9.17, 15) is 43.2 Å². The van der Waals surface area contributed by atoms with E-state index < -0.39 is 113 Å². The lowest BCUT2D eigenvalue weighted by molar-refractivity contribution is -0.671. The predicted molar refractivity (Wildman–Crippen MR) is 304 cm³/mol. The van der Waals surface area contributed by atoms with Crippen LogP contribution in [0.5, 0.6) is 0 Å². The number of hydrogen-bond donors (Lipinski definition) is 4. The van der Waals surface area contributed by atoms with Crippen LogP contribution in [0.4, 0.5) is 5.69 Å². The lowest BCUT2D eigenvalue weighted by Gasteiger charge is -2.27. The molecule has 1 aliphatic heterocycles. The number of unbranched alkanes of at least 4 members (excludes halogenated alkanes) is 2. The number of ketones is 2. The molecule has 4 amide bonds. The lowest BCUT2D eigenvalue weighted by Crippen LogP contribution is -3.00. The summed E-state index contributed by atoms with van der Waals surface area (Å²) in [5.41, 5.74) is 0.822. The van der Waals surface area contributed by atoms with E-state index in [4.69, 9.17) is 14.2 Å². The molecule has 0 saturated heterocycles. The Labute approximate surface area is 493 Å². The number of para-hydroxylation sites is 2. The molecule has 3 aromatic rings. The Morgan fingerprint density at radius 3 is 1.84 bits per heavy atom. The molecule has 440 valence electrons. The molecule has 4 rings (SSSR count). The normalized spacial score (nSPS) is 14.4. The molecule has 0 radical (unpaired) electrons. The van der Waals surface area contributed by atoms with Crippen LogP contribution in [0.2, 0.25) is 0 Å². The molecule has 4 N–H and O–H groups in total. The molecule has 1 aliphatic rings. The van der Waals surface area contributed by atoms with Gasteiger partial charge in [0.05, 0.1) is 41.0 Å². The number of carbonyl (C=O) groups is 9. The highest BCUT2D eigenvalue weighted by Gasteiger charge is 2.36. The number of esters is 3. The van der Waals surface area contributed by atoms with E-state index in [0.29, 0.717) is 12.8 Å². The Balaban J connectivity index is 0.0000168. The van der Waals surface area contributed by atoms with Gasteiger partial charge in [-0.15, -0.1) is 0 Å². The number of hydrogen-bond acceptors (Lipinski definition) is 14. The fourth-order valence-corrected chi connectivity index (χ4v) is 9.92. The van der Waals surface area contributed by atoms with Crippen molar-refractivity contribution < 1.29 is 85.9 Å². The van der Waals surface area contributed by atoms with Crippen LogP contribution < -0.4 is 54.7 Å². The summed E-state index contributed by atoms with van der Waals surface area (Å²) in [7, 11) is 2.09. The maximum Gasteiger partial charge on any atom is 0.308 e. The second kappa shape index (κ2) is 31.3. The molecule has 1 aromatic heterocycles. The topological polar surface area (TPSA) is 237 Å². The van der Waals surface area contributed by atoms with Crippen LogP contribution in [0.25, 0.3) is 17.0 Å². The number of amides is 4. The van der Waals surface area contributed by atoms with Crippen molar-refractivity contribution in [2.24, 2.45) is 11.8 Å². The number of carbonyl (C=O) groups excluding carboxylic acids is 9. The van der Waals surface area contributed by atoms with Crippen molar-refractivity contribution in [3.63, 3.8) is 0 Å². The average Bonchev–Trinajstić information content (AvgIpc) is 3.65. The van der Waals surface area contributed by atoms with E-state index in [1.165, 1.54) is 10.6 Å². The van der Waals surface area contributed by atoms with Gasteiger partial charge in [0.1, 0.15) is 29.4 Å². The van der Waals surface area contributed by atoms with E-state index >= 15 is 0 Å². The number of nitrogens with one attached hydrogen (secondary N) is 4. The number of halogens is 1. The first kappa shape index (κ1) is 68.4. The van der Waals surface area contributed by atoms with Crippen molar-refractivity contribution in [1.29, 1.82) is 0 Å². The smallest absolute Gasteiger partial charge is 0.308 e. The standard InChI is InChI=1S/C60H84N6O12S.HI/c1-38(2)42(35-49(69)43(28-29-53(71)76-58(4,5)6)63-57(75)45(62-39(3)67)37-55(73)78-60(10,11)12)56(74)64-44(36-54(72)77-59(7,8)9)48(68)25-21-31-61-51(70)27-15-14-20-32-66-33-30-40(41-22-16-17-23-46(41)66)34-52-65(13)47-24-18-19-26-50(47)79-52;/h16-19,22-24,26,30,33-34,38,42-45H,14-15,20-21,25,27-29,31-32,35-37H2,1-13H3,(H3-,61,62,63,64,67,70,74,75);1H/t42-,43-,44-,45-;/m0./s1. The minimum absolute atomic E-state index is 0. The van der Waals surface area contributed by atoms with Crippen LogP contribution in [0.15, 0.2) is 70.7 Å².